The molecule has 5 heteroatoms. The van der Waals surface area contributed by atoms with Gasteiger partial charge in [0.2, 0.25) is 0 Å². The number of nitrogens with zero attached hydrogens (tertiary/aromatic N) is 1. The number of halogens is 1. The molecule has 0 saturated carbocycles. The molecule has 0 fully saturated rings. The summed E-state index contributed by atoms with van der Waals surface area (Å²) in [6.07, 6.45) is 0. The molecule has 2 N–H and O–H groups in total. The summed E-state index contributed by atoms with van der Waals surface area (Å²) in [6.45, 7) is 3.06. The molecule has 1 amide bonds. The number of aryl methyl sites for hydroxylation is 1. The highest BCUT2D eigenvalue weighted by Crippen LogP contribution is 2.27. The van der Waals surface area contributed by atoms with Crippen LogP contribution in [0.4, 0.5) is 0 Å². The van der Waals surface area contributed by atoms with E-state index < -0.39 is 0 Å². The first-order valence-corrected chi connectivity index (χ1v) is 5.88. The topological polar surface area (TPSA) is 46.3 Å². The SMILES string of the molecule is Cc1cc(C(=O)N(C)CCN)sc1Br. The number of nitrogens with two attached hydrogens (primary N) is 1. The van der Waals surface area contributed by atoms with E-state index in [9.17, 15) is 4.79 Å². The number of amides is 1. The molecule has 0 aromatic carbocycles. The largest absolute Gasteiger partial charge is 0.340 e. The van der Waals surface area contributed by atoms with Crippen molar-refractivity contribution < 1.29 is 4.79 Å². The molecule has 0 radical (unpaired) electrons. The second kappa shape index (κ2) is 4.91. The van der Waals surface area contributed by atoms with Crippen molar-refractivity contribution in [2.75, 3.05) is 20.1 Å². The van der Waals surface area contributed by atoms with Gasteiger partial charge < -0.3 is 10.6 Å². The molecule has 0 saturated heterocycles. The standard InChI is InChI=1S/C9H13BrN2OS/c1-6-5-7(14-8(6)10)9(13)12(2)4-3-11/h5H,3-4,11H2,1-2H3. The van der Waals surface area contributed by atoms with Crippen LogP contribution >= 0.6 is 27.3 Å². The summed E-state index contributed by atoms with van der Waals surface area (Å²) in [5.41, 5.74) is 6.48. The smallest absolute Gasteiger partial charge is 0.263 e. The molecule has 0 spiro atoms. The maximum Gasteiger partial charge on any atom is 0.263 e. The van der Waals surface area contributed by atoms with E-state index in [0.717, 1.165) is 14.2 Å². The first-order valence-electron chi connectivity index (χ1n) is 4.27. The van der Waals surface area contributed by atoms with Gasteiger partial charge in [-0.1, -0.05) is 0 Å². The van der Waals surface area contributed by atoms with Crippen LogP contribution in [0.2, 0.25) is 0 Å². The van der Waals surface area contributed by atoms with Crippen LogP contribution in [0.3, 0.4) is 0 Å². The van der Waals surface area contributed by atoms with Gasteiger partial charge in [-0.25, -0.2) is 0 Å². The van der Waals surface area contributed by atoms with Crippen molar-refractivity contribution in [3.05, 3.63) is 20.3 Å². The molecule has 0 aliphatic heterocycles. The molecule has 1 aromatic heterocycles. The van der Waals surface area contributed by atoms with Crippen LogP contribution in [-0.4, -0.2) is 30.9 Å². The summed E-state index contributed by atoms with van der Waals surface area (Å²) in [5.74, 6) is 0.0363. The van der Waals surface area contributed by atoms with Crippen LogP contribution in [0.25, 0.3) is 0 Å². The molecule has 0 aliphatic carbocycles. The number of hydrogen-bond donors (Lipinski definition) is 1. The molecule has 3 nitrogen and oxygen atoms in total. The Morgan fingerprint density at radius 1 is 1.71 bits per heavy atom. The summed E-state index contributed by atoms with van der Waals surface area (Å²) in [4.78, 5) is 14.2. The number of rotatable bonds is 3. The highest BCUT2D eigenvalue weighted by atomic mass is 79.9. The van der Waals surface area contributed by atoms with Crippen molar-refractivity contribution in [1.82, 2.24) is 4.90 Å². The number of hydrogen-bond acceptors (Lipinski definition) is 3. The summed E-state index contributed by atoms with van der Waals surface area (Å²) in [7, 11) is 1.76. The average Bonchev–Trinajstić information content (AvgIpc) is 2.46. The molecule has 78 valence electrons. The number of likely N-dealkylation sites (N-methyl/N-ethyl adjacent to an activating group) is 1. The summed E-state index contributed by atoms with van der Waals surface area (Å²) in [5, 5.41) is 0. The molecule has 1 heterocycles. The number of carbonyl (C=O) groups is 1. The van der Waals surface area contributed by atoms with Gasteiger partial charge in [0.25, 0.3) is 5.91 Å². The van der Waals surface area contributed by atoms with Crippen LogP contribution in [-0.2, 0) is 0 Å². The summed E-state index contributed by atoms with van der Waals surface area (Å²) < 4.78 is 1.02. The van der Waals surface area contributed by atoms with Gasteiger partial charge in [0.05, 0.1) is 8.66 Å². The van der Waals surface area contributed by atoms with Gasteiger partial charge in [-0.15, -0.1) is 11.3 Å². The van der Waals surface area contributed by atoms with Gasteiger partial charge in [-0.05, 0) is 34.5 Å². The predicted octanol–water partition coefficient (Wildman–Crippen LogP) is 1.85. The van der Waals surface area contributed by atoms with Crippen LogP contribution in [0, 0.1) is 6.92 Å². The Morgan fingerprint density at radius 3 is 2.79 bits per heavy atom. The normalized spacial score (nSPS) is 10.3. The Hall–Kier alpha value is -0.390. The molecular weight excluding hydrogens is 264 g/mol. The maximum absolute atomic E-state index is 11.8. The zero-order valence-corrected chi connectivity index (χ0v) is 10.6. The van der Waals surface area contributed by atoms with E-state index in [0.29, 0.717) is 13.1 Å². The van der Waals surface area contributed by atoms with Gasteiger partial charge in [0.15, 0.2) is 0 Å². The third kappa shape index (κ3) is 2.56. The molecule has 0 atom stereocenters. The fraction of sp³-hybridized carbons (Fsp3) is 0.444. The van der Waals surface area contributed by atoms with Crippen molar-refractivity contribution in [1.29, 1.82) is 0 Å². The lowest BCUT2D eigenvalue weighted by Crippen LogP contribution is -2.31. The zero-order valence-electron chi connectivity index (χ0n) is 8.21. The zero-order chi connectivity index (χ0) is 10.7. The monoisotopic (exact) mass is 276 g/mol. The number of carbonyl (C=O) groups excluding carboxylic acids is 1. The Morgan fingerprint density at radius 2 is 2.36 bits per heavy atom. The minimum absolute atomic E-state index is 0.0363. The van der Waals surface area contributed by atoms with Crippen molar-refractivity contribution in [2.45, 2.75) is 6.92 Å². The maximum atomic E-state index is 11.8. The van der Waals surface area contributed by atoms with E-state index in [1.54, 1.807) is 11.9 Å². The van der Waals surface area contributed by atoms with E-state index in [1.807, 2.05) is 13.0 Å². The van der Waals surface area contributed by atoms with E-state index >= 15 is 0 Å². The highest BCUT2D eigenvalue weighted by molar-refractivity contribution is 9.11. The van der Waals surface area contributed by atoms with E-state index in [1.165, 1.54) is 11.3 Å². The van der Waals surface area contributed by atoms with E-state index in [-0.39, 0.29) is 5.91 Å². The number of thiophene rings is 1. The molecule has 1 aromatic rings. The van der Waals surface area contributed by atoms with Gasteiger partial charge in [-0.2, -0.15) is 0 Å². The van der Waals surface area contributed by atoms with Crippen LogP contribution in [0.15, 0.2) is 9.85 Å². The lowest BCUT2D eigenvalue weighted by Gasteiger charge is -2.14. The van der Waals surface area contributed by atoms with E-state index in [4.69, 9.17) is 5.73 Å². The Labute approximate surface area is 96.0 Å². The average molecular weight is 277 g/mol. The fourth-order valence-electron chi connectivity index (χ4n) is 1.05. The molecule has 0 bridgehead atoms. The Kier molecular flexibility index (Phi) is 4.10. The Bertz CT molecular complexity index is 318. The van der Waals surface area contributed by atoms with E-state index in [2.05, 4.69) is 15.9 Å². The minimum atomic E-state index is 0.0363. The van der Waals surface area contributed by atoms with Crippen molar-refractivity contribution in [3.8, 4) is 0 Å². The van der Waals surface area contributed by atoms with Gasteiger partial charge in [-0.3, -0.25) is 4.79 Å². The lowest BCUT2D eigenvalue weighted by atomic mass is 10.3. The van der Waals surface area contributed by atoms with Gasteiger partial charge >= 0.3 is 0 Å². The predicted molar refractivity (Wildman–Crippen MR) is 62.8 cm³/mol. The highest BCUT2D eigenvalue weighted by Gasteiger charge is 2.14. The molecule has 0 aliphatic rings. The fourth-order valence-corrected chi connectivity index (χ4v) is 2.58. The molecule has 1 rings (SSSR count). The first kappa shape index (κ1) is 11.7. The third-order valence-electron chi connectivity index (χ3n) is 1.88. The van der Waals surface area contributed by atoms with Crippen LogP contribution in [0.1, 0.15) is 15.2 Å². The van der Waals surface area contributed by atoms with Gasteiger partial charge in [0.1, 0.15) is 0 Å². The first-order chi connectivity index (χ1) is 6.56. The summed E-state index contributed by atoms with van der Waals surface area (Å²) in [6, 6.07) is 1.89. The van der Waals surface area contributed by atoms with Crippen molar-refractivity contribution in [2.24, 2.45) is 5.73 Å². The minimum Gasteiger partial charge on any atom is -0.340 e. The van der Waals surface area contributed by atoms with Crippen molar-refractivity contribution >= 4 is 33.2 Å². The lowest BCUT2D eigenvalue weighted by molar-refractivity contribution is 0.0803. The third-order valence-corrected chi connectivity index (χ3v) is 4.00. The van der Waals surface area contributed by atoms with Crippen LogP contribution < -0.4 is 5.73 Å². The quantitative estimate of drug-likeness (QED) is 0.916. The van der Waals surface area contributed by atoms with Gasteiger partial charge in [0, 0.05) is 20.1 Å². The molecular formula is C9H13BrN2OS. The van der Waals surface area contributed by atoms with Crippen LogP contribution in [0.5, 0.6) is 0 Å². The Balaban J connectivity index is 2.79. The molecule has 0 unspecified atom stereocenters. The van der Waals surface area contributed by atoms with Crippen molar-refractivity contribution in [3.63, 3.8) is 0 Å². The summed E-state index contributed by atoms with van der Waals surface area (Å²) >= 11 is 4.86. The molecule has 14 heavy (non-hydrogen) atoms. The second-order valence-corrected chi connectivity index (χ2v) is 5.45. The second-order valence-electron chi connectivity index (χ2n) is 3.08.